The number of aryl methyl sites for hydroxylation is 1. The topological polar surface area (TPSA) is 80.3 Å². The number of piperidine rings is 1. The Morgan fingerprint density at radius 2 is 1.90 bits per heavy atom. The fourth-order valence-corrected chi connectivity index (χ4v) is 7.37. The third-order valence-corrected chi connectivity index (χ3v) is 9.18. The van der Waals surface area contributed by atoms with Crippen molar-refractivity contribution in [1.82, 2.24) is 15.0 Å². The van der Waals surface area contributed by atoms with Gasteiger partial charge >= 0.3 is 0 Å². The lowest BCUT2D eigenvalue weighted by Crippen LogP contribution is -2.42. The van der Waals surface area contributed by atoms with Crippen LogP contribution in [0.15, 0.2) is 23.1 Å². The molecule has 2 aromatic rings. The minimum Gasteiger partial charge on any atom is -0.495 e. The Morgan fingerprint density at radius 3 is 2.61 bits per heavy atom. The van der Waals surface area contributed by atoms with Crippen molar-refractivity contribution < 1.29 is 13.2 Å². The van der Waals surface area contributed by atoms with Crippen LogP contribution in [0.3, 0.4) is 0 Å². The zero-order chi connectivity index (χ0) is 21.8. The predicted molar refractivity (Wildman–Crippen MR) is 125 cm³/mol. The van der Waals surface area contributed by atoms with Gasteiger partial charge in [-0.2, -0.15) is 0 Å². The number of thiazole rings is 1. The number of nitrogens with zero attached hydrogens (tertiary/aromatic N) is 1. The largest absolute Gasteiger partial charge is 0.495 e. The van der Waals surface area contributed by atoms with E-state index in [4.69, 9.17) is 9.72 Å². The van der Waals surface area contributed by atoms with Crippen LogP contribution in [0.4, 0.5) is 0 Å². The molecule has 2 aliphatic rings. The Hall–Kier alpha value is -1.48. The molecule has 2 fully saturated rings. The molecule has 8 heteroatoms. The van der Waals surface area contributed by atoms with E-state index < -0.39 is 10.0 Å². The number of benzene rings is 1. The molecule has 0 bridgehead atoms. The van der Waals surface area contributed by atoms with E-state index in [1.54, 1.807) is 23.5 Å². The molecule has 1 aromatic heterocycles. The Morgan fingerprint density at radius 1 is 1.16 bits per heavy atom. The first-order valence-electron chi connectivity index (χ1n) is 11.3. The second kappa shape index (κ2) is 9.98. The normalized spacial score (nSPS) is 18.9. The van der Waals surface area contributed by atoms with Crippen LogP contribution >= 0.6 is 11.3 Å². The van der Waals surface area contributed by atoms with Gasteiger partial charge in [0.15, 0.2) is 0 Å². The van der Waals surface area contributed by atoms with Gasteiger partial charge in [0.05, 0.1) is 22.7 Å². The van der Waals surface area contributed by atoms with Crippen LogP contribution in [-0.4, -0.2) is 39.6 Å². The zero-order valence-corrected chi connectivity index (χ0v) is 20.1. The minimum atomic E-state index is -3.68. The summed E-state index contributed by atoms with van der Waals surface area (Å²) in [6.45, 7) is 3.67. The minimum absolute atomic E-state index is 0.0492. The number of hydrogen-bond acceptors (Lipinski definition) is 6. The first-order valence-corrected chi connectivity index (χ1v) is 13.6. The van der Waals surface area contributed by atoms with Gasteiger partial charge in [0.1, 0.15) is 10.6 Å². The van der Waals surface area contributed by atoms with Crippen LogP contribution in [0.2, 0.25) is 0 Å². The van der Waals surface area contributed by atoms with Gasteiger partial charge in [-0.1, -0.05) is 32.1 Å². The summed E-state index contributed by atoms with van der Waals surface area (Å²) in [5.74, 6) is 1.10. The first-order chi connectivity index (χ1) is 15.0. The van der Waals surface area contributed by atoms with E-state index in [-0.39, 0.29) is 10.9 Å². The highest BCUT2D eigenvalue weighted by Gasteiger charge is 2.26. The van der Waals surface area contributed by atoms with Crippen LogP contribution in [0.5, 0.6) is 5.75 Å². The molecule has 1 aliphatic carbocycles. The summed E-state index contributed by atoms with van der Waals surface area (Å²) in [6, 6.07) is 5.39. The van der Waals surface area contributed by atoms with Crippen molar-refractivity contribution in [3.8, 4) is 16.2 Å². The van der Waals surface area contributed by atoms with Gasteiger partial charge < -0.3 is 10.1 Å². The van der Waals surface area contributed by atoms with Gasteiger partial charge in [0.25, 0.3) is 0 Å². The molecule has 0 amide bonds. The van der Waals surface area contributed by atoms with Crippen LogP contribution in [0.25, 0.3) is 10.4 Å². The van der Waals surface area contributed by atoms with Crippen LogP contribution in [-0.2, 0) is 16.4 Å². The highest BCUT2D eigenvalue weighted by molar-refractivity contribution is 7.89. The van der Waals surface area contributed by atoms with Gasteiger partial charge in [0, 0.05) is 12.5 Å². The van der Waals surface area contributed by atoms with Gasteiger partial charge in [-0.15, -0.1) is 11.3 Å². The Labute approximate surface area is 189 Å². The van der Waals surface area contributed by atoms with Crippen molar-refractivity contribution in [2.75, 3.05) is 20.2 Å². The number of nitrogens with one attached hydrogen (secondary N) is 2. The van der Waals surface area contributed by atoms with E-state index in [9.17, 15) is 8.42 Å². The Balaban J connectivity index is 1.59. The second-order valence-electron chi connectivity index (χ2n) is 8.74. The lowest BCUT2D eigenvalue weighted by molar-refractivity contribution is 0.356. The summed E-state index contributed by atoms with van der Waals surface area (Å²) in [5, 5.41) is 4.43. The van der Waals surface area contributed by atoms with Crippen LogP contribution in [0, 0.1) is 12.8 Å². The molecule has 1 aromatic carbocycles. The van der Waals surface area contributed by atoms with E-state index in [2.05, 4.69) is 10.0 Å². The molecule has 2 heterocycles. The molecular weight excluding hydrogens is 430 g/mol. The molecule has 4 rings (SSSR count). The standard InChI is InChI=1S/C23H33N3O3S2/c1-16-23(30-22(25-16)14-17-6-4-3-5-7-17)18-8-9-20(29-2)21(15-18)31(27,28)26-19-10-12-24-13-11-19/h8-9,15,17,19,24,26H,3-7,10-14H2,1-2H3. The maximum atomic E-state index is 13.2. The number of sulfonamides is 1. The number of hydrogen-bond donors (Lipinski definition) is 2. The SMILES string of the molecule is COc1ccc(-c2sc(CC3CCCCC3)nc2C)cc1S(=O)(=O)NC1CCNCC1. The molecule has 1 saturated carbocycles. The third kappa shape index (κ3) is 5.48. The summed E-state index contributed by atoms with van der Waals surface area (Å²) in [7, 11) is -2.17. The molecule has 170 valence electrons. The van der Waals surface area contributed by atoms with Crippen molar-refractivity contribution >= 4 is 21.4 Å². The summed E-state index contributed by atoms with van der Waals surface area (Å²) in [4.78, 5) is 6.07. The fourth-order valence-electron chi connectivity index (χ4n) is 4.70. The fraction of sp³-hybridized carbons (Fsp3) is 0.609. The van der Waals surface area contributed by atoms with E-state index >= 15 is 0 Å². The molecule has 0 spiro atoms. The predicted octanol–water partition coefficient (Wildman–Crippen LogP) is 4.28. The van der Waals surface area contributed by atoms with E-state index in [1.807, 2.05) is 13.0 Å². The molecule has 6 nitrogen and oxygen atoms in total. The van der Waals surface area contributed by atoms with Crippen molar-refractivity contribution in [1.29, 1.82) is 0 Å². The van der Waals surface area contributed by atoms with Crippen LogP contribution in [0.1, 0.15) is 55.6 Å². The first kappa shape index (κ1) is 22.7. The Bertz CT molecular complexity index is 991. The van der Waals surface area contributed by atoms with Crippen molar-refractivity contribution in [2.24, 2.45) is 5.92 Å². The summed E-state index contributed by atoms with van der Waals surface area (Å²) >= 11 is 1.70. The average molecular weight is 464 g/mol. The molecule has 1 saturated heterocycles. The van der Waals surface area contributed by atoms with E-state index in [0.29, 0.717) is 5.75 Å². The quantitative estimate of drug-likeness (QED) is 0.641. The number of methoxy groups -OCH3 is 1. The lowest BCUT2D eigenvalue weighted by atomic mass is 9.87. The summed E-state index contributed by atoms with van der Waals surface area (Å²) < 4.78 is 34.7. The van der Waals surface area contributed by atoms with Crippen LogP contribution < -0.4 is 14.8 Å². The molecule has 0 radical (unpaired) electrons. The van der Waals surface area contributed by atoms with Crippen molar-refractivity contribution in [3.05, 3.63) is 28.9 Å². The molecule has 1 aliphatic heterocycles. The molecule has 0 unspecified atom stereocenters. The van der Waals surface area contributed by atoms with Gasteiger partial charge in [0.2, 0.25) is 10.0 Å². The maximum Gasteiger partial charge on any atom is 0.244 e. The highest BCUT2D eigenvalue weighted by atomic mass is 32.2. The number of ether oxygens (including phenoxy) is 1. The van der Waals surface area contributed by atoms with E-state index in [0.717, 1.165) is 59.4 Å². The van der Waals surface area contributed by atoms with Gasteiger partial charge in [-0.25, -0.2) is 18.1 Å². The monoisotopic (exact) mass is 463 g/mol. The molecule has 2 N–H and O–H groups in total. The molecular formula is C23H33N3O3S2. The van der Waals surface area contributed by atoms with Gasteiger partial charge in [-0.3, -0.25) is 0 Å². The maximum absolute atomic E-state index is 13.2. The second-order valence-corrected chi connectivity index (χ2v) is 11.5. The Kier molecular flexibility index (Phi) is 7.31. The average Bonchev–Trinajstić information content (AvgIpc) is 3.14. The lowest BCUT2D eigenvalue weighted by Gasteiger charge is -2.24. The molecule has 31 heavy (non-hydrogen) atoms. The zero-order valence-electron chi connectivity index (χ0n) is 18.4. The summed E-state index contributed by atoms with van der Waals surface area (Å²) in [6.07, 6.45) is 9.20. The van der Waals surface area contributed by atoms with Crippen molar-refractivity contribution in [2.45, 2.75) is 69.2 Å². The summed E-state index contributed by atoms with van der Waals surface area (Å²) in [5.41, 5.74) is 1.85. The highest BCUT2D eigenvalue weighted by Crippen LogP contribution is 2.37. The van der Waals surface area contributed by atoms with Gasteiger partial charge in [-0.05, 0) is 62.5 Å². The van der Waals surface area contributed by atoms with Crippen molar-refractivity contribution in [3.63, 3.8) is 0 Å². The van der Waals surface area contributed by atoms with E-state index in [1.165, 1.54) is 39.2 Å². The number of rotatable bonds is 7. The smallest absolute Gasteiger partial charge is 0.244 e. The molecule has 0 atom stereocenters. The number of aromatic nitrogens is 1. The third-order valence-electron chi connectivity index (χ3n) is 6.41.